The first-order chi connectivity index (χ1) is 20.8. The molecule has 3 amide bonds. The second-order valence-corrected chi connectivity index (χ2v) is 9.51. The highest BCUT2D eigenvalue weighted by molar-refractivity contribution is 5.96. The highest BCUT2D eigenvalue weighted by Crippen LogP contribution is 2.29. The van der Waals surface area contributed by atoms with Gasteiger partial charge in [-0.3, -0.25) is 19.2 Å². The Balaban J connectivity index is 1.62. The van der Waals surface area contributed by atoms with Gasteiger partial charge >= 0.3 is 5.97 Å². The van der Waals surface area contributed by atoms with Gasteiger partial charge in [0.05, 0.1) is 46.0 Å². The Bertz CT molecular complexity index is 1280. The molecular formula is C28H32F5N3O8. The summed E-state index contributed by atoms with van der Waals surface area (Å²) in [4.78, 5) is 48.7. The van der Waals surface area contributed by atoms with Crippen molar-refractivity contribution >= 4 is 29.4 Å². The van der Waals surface area contributed by atoms with Gasteiger partial charge in [-0.1, -0.05) is 26.0 Å². The normalized spacial score (nSPS) is 11.7. The van der Waals surface area contributed by atoms with Crippen LogP contribution >= 0.6 is 0 Å². The van der Waals surface area contributed by atoms with Crippen molar-refractivity contribution in [3.63, 3.8) is 0 Å². The van der Waals surface area contributed by atoms with Gasteiger partial charge in [0.25, 0.3) is 0 Å². The van der Waals surface area contributed by atoms with Crippen LogP contribution in [0.4, 0.5) is 27.6 Å². The molecule has 242 valence electrons. The molecule has 0 aliphatic rings. The van der Waals surface area contributed by atoms with Crippen molar-refractivity contribution < 1.29 is 60.4 Å². The van der Waals surface area contributed by atoms with E-state index in [1.54, 1.807) is 38.1 Å². The number of ether oxygens (including phenoxy) is 3. The number of aliphatic hydroxyl groups is 1. The third-order valence-electron chi connectivity index (χ3n) is 5.79. The Morgan fingerprint density at radius 3 is 1.86 bits per heavy atom. The Kier molecular flexibility index (Phi) is 14.6. The number of halogens is 5. The summed E-state index contributed by atoms with van der Waals surface area (Å²) in [7, 11) is 0. The van der Waals surface area contributed by atoms with Crippen LogP contribution < -0.4 is 20.7 Å². The van der Waals surface area contributed by atoms with E-state index in [9.17, 15) is 41.1 Å². The maximum atomic E-state index is 13.6. The van der Waals surface area contributed by atoms with Crippen LogP contribution in [-0.4, -0.2) is 67.8 Å². The number of rotatable bonds is 17. The first-order valence-electron chi connectivity index (χ1n) is 13.3. The summed E-state index contributed by atoms with van der Waals surface area (Å²) in [5.41, 5.74) is 1.15. The lowest BCUT2D eigenvalue weighted by molar-refractivity contribution is -0.136. The van der Waals surface area contributed by atoms with Crippen LogP contribution in [0.3, 0.4) is 0 Å². The van der Waals surface area contributed by atoms with Gasteiger partial charge < -0.3 is 35.3 Å². The van der Waals surface area contributed by atoms with Gasteiger partial charge in [-0.2, -0.15) is 8.78 Å². The van der Waals surface area contributed by atoms with Crippen LogP contribution in [0.25, 0.3) is 0 Å². The Morgan fingerprint density at radius 1 is 0.773 bits per heavy atom. The van der Waals surface area contributed by atoms with Crippen LogP contribution in [0.15, 0.2) is 24.3 Å². The second kappa shape index (κ2) is 17.8. The molecular weight excluding hydrogens is 601 g/mol. The number of hydrogen-bond acceptors (Lipinski definition) is 8. The molecule has 0 fully saturated rings. The van der Waals surface area contributed by atoms with E-state index in [4.69, 9.17) is 14.6 Å². The summed E-state index contributed by atoms with van der Waals surface area (Å²) < 4.78 is 81.1. The molecule has 0 radical (unpaired) electrons. The van der Waals surface area contributed by atoms with Gasteiger partial charge in [0, 0.05) is 12.1 Å². The predicted octanol–water partition coefficient (Wildman–Crippen LogP) is 2.49. The molecule has 0 saturated heterocycles. The third kappa shape index (κ3) is 11.2. The molecule has 4 N–H and O–H groups in total. The Hall–Kier alpha value is -4.15. The average Bonchev–Trinajstić information content (AvgIpc) is 3.00. The third-order valence-corrected chi connectivity index (χ3v) is 5.79. The number of carbonyl (C=O) groups excluding carboxylic acids is 4. The highest BCUT2D eigenvalue weighted by atomic mass is 19.2. The molecule has 0 aromatic heterocycles. The largest absolute Gasteiger partial charge is 0.420 e. The molecule has 16 heteroatoms. The quantitative estimate of drug-likeness (QED) is 0.0518. The van der Waals surface area contributed by atoms with E-state index in [0.29, 0.717) is 11.3 Å². The number of hydrogen-bond donors (Lipinski definition) is 4. The van der Waals surface area contributed by atoms with Gasteiger partial charge in [-0.15, -0.1) is 0 Å². The SMILES string of the molecule is CC(C)C(NC(=O)CCOCCOCCC(=O)Oc1c(F)c(F)c(F)c(F)c1F)C(=O)NCC(=O)Nc1ccc(CO)cc1. The molecule has 0 saturated carbocycles. The maximum absolute atomic E-state index is 13.6. The van der Waals surface area contributed by atoms with Gasteiger partial charge in [0.2, 0.25) is 52.6 Å². The number of esters is 1. The molecule has 1 atom stereocenters. The van der Waals surface area contributed by atoms with Crippen molar-refractivity contribution in [1.82, 2.24) is 10.6 Å². The van der Waals surface area contributed by atoms with Crippen LogP contribution in [0.2, 0.25) is 0 Å². The topological polar surface area (TPSA) is 152 Å². The zero-order valence-corrected chi connectivity index (χ0v) is 23.8. The Labute approximate surface area is 249 Å². The molecule has 0 spiro atoms. The fourth-order valence-electron chi connectivity index (χ4n) is 3.44. The lowest BCUT2D eigenvalue weighted by atomic mass is 10.0. The van der Waals surface area contributed by atoms with Crippen LogP contribution in [-0.2, 0) is 35.3 Å². The summed E-state index contributed by atoms with van der Waals surface area (Å²) in [5, 5.41) is 16.7. The predicted molar refractivity (Wildman–Crippen MR) is 144 cm³/mol. The van der Waals surface area contributed by atoms with Crippen molar-refractivity contribution in [2.24, 2.45) is 5.92 Å². The van der Waals surface area contributed by atoms with Gasteiger partial charge in [0.15, 0.2) is 0 Å². The molecule has 11 nitrogen and oxygen atoms in total. The molecule has 44 heavy (non-hydrogen) atoms. The molecule has 2 aromatic carbocycles. The van der Waals surface area contributed by atoms with E-state index < -0.39 is 71.0 Å². The summed E-state index contributed by atoms with van der Waals surface area (Å²) >= 11 is 0. The number of nitrogens with one attached hydrogen (secondary N) is 3. The minimum Gasteiger partial charge on any atom is -0.420 e. The zero-order valence-electron chi connectivity index (χ0n) is 23.8. The highest BCUT2D eigenvalue weighted by Gasteiger charge is 2.28. The molecule has 0 bridgehead atoms. The lowest BCUT2D eigenvalue weighted by Gasteiger charge is -2.21. The monoisotopic (exact) mass is 633 g/mol. The summed E-state index contributed by atoms with van der Waals surface area (Å²) in [6.45, 7) is 2.48. The van der Waals surface area contributed by atoms with Crippen molar-refractivity contribution in [3.8, 4) is 5.75 Å². The van der Waals surface area contributed by atoms with E-state index in [-0.39, 0.29) is 51.9 Å². The van der Waals surface area contributed by atoms with Crippen LogP contribution in [0.1, 0.15) is 32.3 Å². The number of anilines is 1. The molecule has 2 rings (SSSR count). The summed E-state index contributed by atoms with van der Waals surface area (Å²) in [5.74, 6) is -16.3. The lowest BCUT2D eigenvalue weighted by Crippen LogP contribution is -2.51. The number of aliphatic hydroxyl groups excluding tert-OH is 1. The van der Waals surface area contributed by atoms with Crippen molar-refractivity contribution in [2.45, 2.75) is 39.3 Å². The summed E-state index contributed by atoms with van der Waals surface area (Å²) in [6, 6.07) is 5.55. The first-order valence-corrected chi connectivity index (χ1v) is 13.3. The van der Waals surface area contributed by atoms with Crippen LogP contribution in [0.5, 0.6) is 5.75 Å². The summed E-state index contributed by atoms with van der Waals surface area (Å²) in [6.07, 6.45) is -0.686. The van der Waals surface area contributed by atoms with Gasteiger partial charge in [0.1, 0.15) is 6.04 Å². The molecule has 0 aliphatic heterocycles. The minimum atomic E-state index is -2.38. The van der Waals surface area contributed by atoms with Gasteiger partial charge in [-0.05, 0) is 23.6 Å². The van der Waals surface area contributed by atoms with Crippen molar-refractivity contribution in [2.75, 3.05) is 38.3 Å². The van der Waals surface area contributed by atoms with Gasteiger partial charge in [-0.25, -0.2) is 13.2 Å². The van der Waals surface area contributed by atoms with E-state index in [0.717, 1.165) is 0 Å². The van der Waals surface area contributed by atoms with E-state index in [1.807, 2.05) is 0 Å². The number of carbonyl (C=O) groups is 4. The fourth-order valence-corrected chi connectivity index (χ4v) is 3.44. The standard InChI is InChI=1S/C28H32F5N3O8/c1-15(2)26(28(41)34-13-19(39)35-17-5-3-16(14-37)4-6-17)36-18(38)7-9-42-11-12-43-10-8-20(40)44-27-24(32)22(30)21(29)23(31)25(27)33/h3-6,15,26,37H,7-14H2,1-2H3,(H,34,41)(H,35,39)(H,36,38). The number of benzene rings is 2. The molecule has 0 heterocycles. The van der Waals surface area contributed by atoms with Crippen molar-refractivity contribution in [1.29, 1.82) is 0 Å². The van der Waals surface area contributed by atoms with E-state index in [1.165, 1.54) is 0 Å². The maximum Gasteiger partial charge on any atom is 0.313 e. The zero-order chi connectivity index (χ0) is 32.8. The van der Waals surface area contributed by atoms with Crippen molar-refractivity contribution in [3.05, 3.63) is 58.9 Å². The smallest absolute Gasteiger partial charge is 0.313 e. The molecule has 1 unspecified atom stereocenters. The van der Waals surface area contributed by atoms with E-state index in [2.05, 4.69) is 20.7 Å². The average molecular weight is 634 g/mol. The minimum absolute atomic E-state index is 0.0219. The van der Waals surface area contributed by atoms with Crippen LogP contribution in [0, 0.1) is 35.0 Å². The fraction of sp³-hybridized carbons (Fsp3) is 0.429. The first kappa shape index (κ1) is 36.0. The molecule has 2 aromatic rings. The molecule has 0 aliphatic carbocycles. The number of amides is 3. The second-order valence-electron chi connectivity index (χ2n) is 9.51. The Morgan fingerprint density at radius 2 is 1.32 bits per heavy atom. The van der Waals surface area contributed by atoms with E-state index >= 15 is 0 Å².